The quantitative estimate of drug-likeness (QED) is 0.894. The van der Waals surface area contributed by atoms with Gasteiger partial charge < -0.3 is 15.4 Å². The minimum atomic E-state index is -0.452. The van der Waals surface area contributed by atoms with Crippen LogP contribution in [-0.2, 0) is 11.8 Å². The van der Waals surface area contributed by atoms with Crippen LogP contribution in [0.1, 0.15) is 64.3 Å². The van der Waals surface area contributed by atoms with Gasteiger partial charge in [0.1, 0.15) is 5.60 Å². The highest BCUT2D eigenvalue weighted by molar-refractivity contribution is 5.68. The fourth-order valence-electron chi connectivity index (χ4n) is 3.12. The SMILES string of the molecule is Cc1c(C(C)NC2CCC(NC(=O)OC(C)(C)C)C2)cnn1C. The highest BCUT2D eigenvalue weighted by atomic mass is 16.6. The van der Waals surface area contributed by atoms with Crippen molar-refractivity contribution in [3.8, 4) is 0 Å². The van der Waals surface area contributed by atoms with Gasteiger partial charge in [-0.05, 0) is 53.9 Å². The molecule has 3 atom stereocenters. The molecule has 23 heavy (non-hydrogen) atoms. The van der Waals surface area contributed by atoms with E-state index in [4.69, 9.17) is 4.74 Å². The molecule has 0 bridgehead atoms. The number of alkyl carbamates (subject to hydrolysis) is 1. The van der Waals surface area contributed by atoms with Gasteiger partial charge in [-0.15, -0.1) is 0 Å². The van der Waals surface area contributed by atoms with E-state index in [-0.39, 0.29) is 18.2 Å². The maximum atomic E-state index is 11.8. The minimum absolute atomic E-state index is 0.185. The molecule has 0 aliphatic heterocycles. The Kier molecular flexibility index (Phi) is 5.34. The van der Waals surface area contributed by atoms with Crippen molar-refractivity contribution in [1.29, 1.82) is 0 Å². The van der Waals surface area contributed by atoms with Gasteiger partial charge in [-0.25, -0.2) is 4.79 Å². The predicted octanol–water partition coefficient (Wildman–Crippen LogP) is 2.82. The Hall–Kier alpha value is -1.56. The number of nitrogens with zero attached hydrogens (tertiary/aromatic N) is 2. The molecule has 0 radical (unpaired) electrons. The maximum absolute atomic E-state index is 11.8. The molecule has 2 rings (SSSR count). The van der Waals surface area contributed by atoms with Gasteiger partial charge in [0.15, 0.2) is 0 Å². The van der Waals surface area contributed by atoms with E-state index in [1.54, 1.807) is 0 Å². The molecule has 0 saturated heterocycles. The summed E-state index contributed by atoms with van der Waals surface area (Å²) < 4.78 is 7.22. The molecule has 1 heterocycles. The maximum Gasteiger partial charge on any atom is 0.407 e. The van der Waals surface area contributed by atoms with E-state index in [1.165, 1.54) is 11.3 Å². The van der Waals surface area contributed by atoms with Gasteiger partial charge in [0, 0.05) is 36.4 Å². The van der Waals surface area contributed by atoms with E-state index in [1.807, 2.05) is 38.7 Å². The average Bonchev–Trinajstić information content (AvgIpc) is 2.95. The zero-order valence-electron chi connectivity index (χ0n) is 15.1. The molecule has 2 N–H and O–H groups in total. The van der Waals surface area contributed by atoms with Gasteiger partial charge in [0.05, 0.1) is 6.20 Å². The number of rotatable bonds is 4. The average molecular weight is 322 g/mol. The van der Waals surface area contributed by atoms with Crippen LogP contribution in [0.2, 0.25) is 0 Å². The summed E-state index contributed by atoms with van der Waals surface area (Å²) >= 11 is 0. The summed E-state index contributed by atoms with van der Waals surface area (Å²) in [5.74, 6) is 0. The molecule has 1 fully saturated rings. The molecule has 0 aromatic carbocycles. The number of hydrogen-bond donors (Lipinski definition) is 2. The Bertz CT molecular complexity index is 547. The van der Waals surface area contributed by atoms with E-state index in [0.29, 0.717) is 6.04 Å². The molecule has 3 unspecified atom stereocenters. The fraction of sp³-hybridized carbons (Fsp3) is 0.765. The smallest absolute Gasteiger partial charge is 0.407 e. The second-order valence-corrected chi connectivity index (χ2v) is 7.55. The standard InChI is InChI=1S/C17H30N4O2/c1-11(15-10-18-21(6)12(15)2)19-13-7-8-14(9-13)20-16(22)23-17(3,4)5/h10-11,13-14,19H,7-9H2,1-6H3,(H,20,22). The molecule has 1 saturated carbocycles. The number of carbonyl (C=O) groups excluding carboxylic acids is 1. The topological polar surface area (TPSA) is 68.2 Å². The van der Waals surface area contributed by atoms with Gasteiger partial charge in [0.2, 0.25) is 0 Å². The van der Waals surface area contributed by atoms with Crippen LogP contribution in [-0.4, -0.2) is 33.6 Å². The molecule has 6 nitrogen and oxygen atoms in total. The Morgan fingerprint density at radius 1 is 1.39 bits per heavy atom. The number of ether oxygens (including phenoxy) is 1. The summed E-state index contributed by atoms with van der Waals surface area (Å²) in [4.78, 5) is 11.8. The van der Waals surface area contributed by atoms with E-state index in [9.17, 15) is 4.79 Å². The summed E-state index contributed by atoms with van der Waals surface area (Å²) in [6.07, 6.45) is 4.58. The number of amides is 1. The van der Waals surface area contributed by atoms with Crippen molar-refractivity contribution in [1.82, 2.24) is 20.4 Å². The van der Waals surface area contributed by atoms with Gasteiger partial charge >= 0.3 is 6.09 Å². The van der Waals surface area contributed by atoms with E-state index < -0.39 is 5.60 Å². The molecular formula is C17H30N4O2. The fourth-order valence-corrected chi connectivity index (χ4v) is 3.12. The third kappa shape index (κ3) is 4.96. The summed E-state index contributed by atoms with van der Waals surface area (Å²) in [5.41, 5.74) is 1.97. The second-order valence-electron chi connectivity index (χ2n) is 7.55. The molecule has 1 aliphatic rings. The van der Waals surface area contributed by atoms with Crippen molar-refractivity contribution in [3.05, 3.63) is 17.5 Å². The van der Waals surface area contributed by atoms with Crippen LogP contribution >= 0.6 is 0 Å². The molecule has 0 spiro atoms. The predicted molar refractivity (Wildman–Crippen MR) is 90.3 cm³/mol. The first-order chi connectivity index (χ1) is 10.7. The van der Waals surface area contributed by atoms with Gasteiger partial charge in [0.25, 0.3) is 0 Å². The summed E-state index contributed by atoms with van der Waals surface area (Å²) in [7, 11) is 1.96. The van der Waals surface area contributed by atoms with Crippen LogP contribution in [0.15, 0.2) is 6.20 Å². The molecule has 1 aromatic rings. The van der Waals surface area contributed by atoms with Gasteiger partial charge in [-0.2, -0.15) is 5.10 Å². The van der Waals surface area contributed by atoms with Crippen LogP contribution < -0.4 is 10.6 Å². The zero-order valence-corrected chi connectivity index (χ0v) is 15.1. The van der Waals surface area contributed by atoms with Gasteiger partial charge in [-0.3, -0.25) is 4.68 Å². The first-order valence-electron chi connectivity index (χ1n) is 8.40. The lowest BCUT2D eigenvalue weighted by Crippen LogP contribution is -2.39. The summed E-state index contributed by atoms with van der Waals surface area (Å²) in [6.45, 7) is 9.89. The van der Waals surface area contributed by atoms with Crippen LogP contribution in [0.25, 0.3) is 0 Å². The number of carbonyl (C=O) groups is 1. The Morgan fingerprint density at radius 3 is 2.61 bits per heavy atom. The third-order valence-electron chi connectivity index (χ3n) is 4.38. The monoisotopic (exact) mass is 322 g/mol. The number of nitrogens with one attached hydrogen (secondary N) is 2. The molecule has 6 heteroatoms. The lowest BCUT2D eigenvalue weighted by molar-refractivity contribution is 0.0505. The van der Waals surface area contributed by atoms with Crippen LogP contribution in [0.3, 0.4) is 0 Å². The van der Waals surface area contributed by atoms with Crippen molar-refractivity contribution in [2.75, 3.05) is 0 Å². The van der Waals surface area contributed by atoms with E-state index >= 15 is 0 Å². The zero-order chi connectivity index (χ0) is 17.2. The van der Waals surface area contributed by atoms with Crippen molar-refractivity contribution < 1.29 is 9.53 Å². The minimum Gasteiger partial charge on any atom is -0.444 e. The lowest BCUT2D eigenvalue weighted by atomic mass is 10.1. The molecule has 130 valence electrons. The van der Waals surface area contributed by atoms with E-state index in [0.717, 1.165) is 19.3 Å². The summed E-state index contributed by atoms with van der Waals surface area (Å²) in [6, 6.07) is 0.850. The normalized spacial score (nSPS) is 22.9. The van der Waals surface area contributed by atoms with Crippen molar-refractivity contribution >= 4 is 6.09 Å². The molecule has 1 aromatic heterocycles. The summed E-state index contributed by atoms with van der Waals surface area (Å²) in [5, 5.41) is 10.9. The van der Waals surface area contributed by atoms with Crippen molar-refractivity contribution in [2.24, 2.45) is 7.05 Å². The van der Waals surface area contributed by atoms with E-state index in [2.05, 4.69) is 29.6 Å². The first kappa shape index (κ1) is 17.8. The van der Waals surface area contributed by atoms with Crippen molar-refractivity contribution in [2.45, 2.75) is 77.6 Å². The largest absolute Gasteiger partial charge is 0.444 e. The van der Waals surface area contributed by atoms with Crippen LogP contribution in [0.4, 0.5) is 4.79 Å². The van der Waals surface area contributed by atoms with Crippen molar-refractivity contribution in [3.63, 3.8) is 0 Å². The number of aryl methyl sites for hydroxylation is 1. The van der Waals surface area contributed by atoms with Gasteiger partial charge in [-0.1, -0.05) is 0 Å². The first-order valence-corrected chi connectivity index (χ1v) is 8.40. The Balaban J connectivity index is 1.81. The Morgan fingerprint density at radius 2 is 2.04 bits per heavy atom. The number of hydrogen-bond acceptors (Lipinski definition) is 4. The van der Waals surface area contributed by atoms with Crippen LogP contribution in [0, 0.1) is 6.92 Å². The lowest BCUT2D eigenvalue weighted by Gasteiger charge is -2.22. The Labute approximate surface area is 139 Å². The molecular weight excluding hydrogens is 292 g/mol. The molecule has 1 amide bonds. The second kappa shape index (κ2) is 6.91. The van der Waals surface area contributed by atoms with Crippen LogP contribution in [0.5, 0.6) is 0 Å². The highest BCUT2D eigenvalue weighted by Gasteiger charge is 2.29. The highest BCUT2D eigenvalue weighted by Crippen LogP contribution is 2.24. The molecule has 1 aliphatic carbocycles. The number of aromatic nitrogens is 2. The third-order valence-corrected chi connectivity index (χ3v) is 4.38.